The largest absolute Gasteiger partial charge is 0.507 e. The van der Waals surface area contributed by atoms with E-state index in [1.807, 2.05) is 12.1 Å². The van der Waals surface area contributed by atoms with E-state index in [0.717, 1.165) is 17.6 Å². The van der Waals surface area contributed by atoms with Crippen LogP contribution in [0.15, 0.2) is 46.9 Å². The molecule has 0 saturated carbocycles. The van der Waals surface area contributed by atoms with Crippen molar-refractivity contribution in [3.63, 3.8) is 0 Å². The van der Waals surface area contributed by atoms with Crippen molar-refractivity contribution in [2.45, 2.75) is 19.4 Å². The molecule has 0 unspecified atom stereocenters. The van der Waals surface area contributed by atoms with Crippen molar-refractivity contribution < 1.29 is 5.11 Å². The monoisotopic (exact) mass is 317 g/mol. The molecule has 1 aliphatic rings. The van der Waals surface area contributed by atoms with Crippen molar-refractivity contribution in [3.05, 3.63) is 58.1 Å². The first-order valence-corrected chi connectivity index (χ1v) is 7.33. The molecule has 2 aromatic carbocycles. The van der Waals surface area contributed by atoms with E-state index in [1.54, 1.807) is 6.07 Å². The number of nitrogens with zero attached hydrogens (tertiary/aromatic N) is 1. The number of phenols is 1. The zero-order chi connectivity index (χ0) is 13.2. The standard InChI is InChI=1S/C16H16BrNO/c17-14-10-12(7-8-16(14)19)11-18-9-3-5-13-4-1-2-6-15(13)18/h1-2,4,6-8,10,19H,3,5,9,11H2. The molecule has 0 saturated heterocycles. The fourth-order valence-electron chi connectivity index (χ4n) is 2.64. The molecule has 1 heterocycles. The summed E-state index contributed by atoms with van der Waals surface area (Å²) in [5, 5.41) is 9.55. The van der Waals surface area contributed by atoms with Crippen molar-refractivity contribution >= 4 is 21.6 Å². The van der Waals surface area contributed by atoms with Crippen LogP contribution in [0.1, 0.15) is 17.5 Å². The molecule has 2 nitrogen and oxygen atoms in total. The van der Waals surface area contributed by atoms with Gasteiger partial charge in [0.25, 0.3) is 0 Å². The molecule has 0 spiro atoms. The van der Waals surface area contributed by atoms with E-state index in [9.17, 15) is 5.11 Å². The quantitative estimate of drug-likeness (QED) is 0.901. The summed E-state index contributed by atoms with van der Waals surface area (Å²) >= 11 is 3.37. The van der Waals surface area contributed by atoms with Gasteiger partial charge in [-0.2, -0.15) is 0 Å². The lowest BCUT2D eigenvalue weighted by Crippen LogP contribution is -2.28. The van der Waals surface area contributed by atoms with E-state index in [0.29, 0.717) is 5.75 Å². The summed E-state index contributed by atoms with van der Waals surface area (Å²) in [6.45, 7) is 1.98. The molecule has 0 radical (unpaired) electrons. The zero-order valence-electron chi connectivity index (χ0n) is 10.6. The van der Waals surface area contributed by atoms with Crippen molar-refractivity contribution in [2.75, 3.05) is 11.4 Å². The fraction of sp³-hybridized carbons (Fsp3) is 0.250. The Balaban J connectivity index is 1.86. The van der Waals surface area contributed by atoms with Gasteiger partial charge in [0.05, 0.1) is 4.47 Å². The molecule has 0 aliphatic carbocycles. The Hall–Kier alpha value is -1.48. The average molecular weight is 318 g/mol. The molecule has 3 rings (SSSR count). The van der Waals surface area contributed by atoms with Crippen LogP contribution in [0.3, 0.4) is 0 Å². The lowest BCUT2D eigenvalue weighted by atomic mass is 10.0. The fourth-order valence-corrected chi connectivity index (χ4v) is 3.07. The molecular weight excluding hydrogens is 302 g/mol. The summed E-state index contributed by atoms with van der Waals surface area (Å²) < 4.78 is 0.760. The number of benzene rings is 2. The molecule has 1 aliphatic heterocycles. The molecule has 0 aromatic heterocycles. The lowest BCUT2D eigenvalue weighted by Gasteiger charge is -2.31. The van der Waals surface area contributed by atoms with E-state index in [4.69, 9.17) is 0 Å². The summed E-state index contributed by atoms with van der Waals surface area (Å²) in [5.41, 5.74) is 3.99. The first kappa shape index (κ1) is 12.5. The molecule has 0 amide bonds. The third-order valence-corrected chi connectivity index (χ3v) is 4.23. The van der Waals surface area contributed by atoms with Gasteiger partial charge in [-0.05, 0) is 58.1 Å². The first-order chi connectivity index (χ1) is 9.24. The predicted octanol–water partition coefficient (Wildman–Crippen LogP) is 4.11. The first-order valence-electron chi connectivity index (χ1n) is 6.54. The molecule has 2 aromatic rings. The molecular formula is C16H16BrNO. The van der Waals surface area contributed by atoms with E-state index in [-0.39, 0.29) is 0 Å². The van der Waals surface area contributed by atoms with E-state index >= 15 is 0 Å². The van der Waals surface area contributed by atoms with Crippen LogP contribution in [-0.4, -0.2) is 11.7 Å². The number of anilines is 1. The van der Waals surface area contributed by atoms with E-state index in [1.165, 1.54) is 29.7 Å². The second-order valence-corrected chi connectivity index (χ2v) is 5.79. The van der Waals surface area contributed by atoms with Gasteiger partial charge in [0, 0.05) is 18.8 Å². The van der Waals surface area contributed by atoms with Crippen LogP contribution < -0.4 is 4.90 Å². The van der Waals surface area contributed by atoms with Crippen LogP contribution >= 0.6 is 15.9 Å². The van der Waals surface area contributed by atoms with Gasteiger partial charge in [-0.3, -0.25) is 0 Å². The van der Waals surface area contributed by atoms with Gasteiger partial charge < -0.3 is 10.0 Å². The Morgan fingerprint density at radius 3 is 2.84 bits per heavy atom. The summed E-state index contributed by atoms with van der Waals surface area (Å²) in [4.78, 5) is 2.41. The SMILES string of the molecule is Oc1ccc(CN2CCCc3ccccc32)cc1Br. The highest BCUT2D eigenvalue weighted by atomic mass is 79.9. The minimum Gasteiger partial charge on any atom is -0.507 e. The highest BCUT2D eigenvalue weighted by molar-refractivity contribution is 9.10. The molecule has 1 N–H and O–H groups in total. The summed E-state index contributed by atoms with van der Waals surface area (Å²) in [7, 11) is 0. The number of hydrogen-bond donors (Lipinski definition) is 1. The van der Waals surface area contributed by atoms with Crippen molar-refractivity contribution in [1.29, 1.82) is 0 Å². The predicted molar refractivity (Wildman–Crippen MR) is 81.6 cm³/mol. The number of fused-ring (bicyclic) bond motifs is 1. The maximum absolute atomic E-state index is 9.55. The van der Waals surface area contributed by atoms with Crippen LogP contribution in [0.5, 0.6) is 5.75 Å². The number of hydrogen-bond acceptors (Lipinski definition) is 2. The number of rotatable bonds is 2. The van der Waals surface area contributed by atoms with Crippen LogP contribution in [0.25, 0.3) is 0 Å². The van der Waals surface area contributed by atoms with Crippen LogP contribution in [0.2, 0.25) is 0 Å². The average Bonchev–Trinajstić information content (AvgIpc) is 2.43. The highest BCUT2D eigenvalue weighted by Crippen LogP contribution is 2.30. The Morgan fingerprint density at radius 1 is 1.16 bits per heavy atom. The number of halogens is 1. The van der Waals surface area contributed by atoms with Crippen LogP contribution in [0.4, 0.5) is 5.69 Å². The molecule has 98 valence electrons. The van der Waals surface area contributed by atoms with Crippen molar-refractivity contribution in [3.8, 4) is 5.75 Å². The number of phenolic OH excluding ortho intramolecular Hbond substituents is 1. The second kappa shape index (κ2) is 5.25. The van der Waals surface area contributed by atoms with Crippen LogP contribution in [-0.2, 0) is 13.0 Å². The Morgan fingerprint density at radius 2 is 2.00 bits per heavy atom. The van der Waals surface area contributed by atoms with E-state index in [2.05, 4.69) is 45.1 Å². The van der Waals surface area contributed by atoms with Gasteiger partial charge in [0.2, 0.25) is 0 Å². The Bertz CT molecular complexity index is 597. The van der Waals surface area contributed by atoms with Crippen LogP contribution in [0, 0.1) is 0 Å². The van der Waals surface area contributed by atoms with Gasteiger partial charge in [0.1, 0.15) is 5.75 Å². The molecule has 0 bridgehead atoms. The third kappa shape index (κ3) is 2.61. The second-order valence-electron chi connectivity index (χ2n) is 4.94. The molecule has 19 heavy (non-hydrogen) atoms. The molecule has 3 heteroatoms. The number of aromatic hydroxyl groups is 1. The topological polar surface area (TPSA) is 23.5 Å². The summed E-state index contributed by atoms with van der Waals surface area (Å²) in [6.07, 6.45) is 2.38. The highest BCUT2D eigenvalue weighted by Gasteiger charge is 2.16. The van der Waals surface area contributed by atoms with Crippen molar-refractivity contribution in [2.24, 2.45) is 0 Å². The van der Waals surface area contributed by atoms with E-state index < -0.39 is 0 Å². The maximum atomic E-state index is 9.55. The van der Waals surface area contributed by atoms with Gasteiger partial charge >= 0.3 is 0 Å². The normalized spacial score (nSPS) is 14.3. The molecule has 0 atom stereocenters. The Kier molecular flexibility index (Phi) is 3.47. The van der Waals surface area contributed by atoms with Gasteiger partial charge in [0.15, 0.2) is 0 Å². The lowest BCUT2D eigenvalue weighted by molar-refractivity contribution is 0.471. The minimum absolute atomic E-state index is 0.294. The smallest absolute Gasteiger partial charge is 0.129 e. The Labute approximate surface area is 121 Å². The number of aryl methyl sites for hydroxylation is 1. The van der Waals surface area contributed by atoms with Crippen molar-refractivity contribution in [1.82, 2.24) is 0 Å². The number of para-hydroxylation sites is 1. The minimum atomic E-state index is 0.294. The maximum Gasteiger partial charge on any atom is 0.129 e. The van der Waals surface area contributed by atoms with Gasteiger partial charge in [-0.1, -0.05) is 24.3 Å². The third-order valence-electron chi connectivity index (χ3n) is 3.59. The molecule has 0 fully saturated rings. The zero-order valence-corrected chi connectivity index (χ0v) is 12.2. The van der Waals surface area contributed by atoms with Gasteiger partial charge in [-0.15, -0.1) is 0 Å². The van der Waals surface area contributed by atoms with Gasteiger partial charge in [-0.25, -0.2) is 0 Å². The summed E-state index contributed by atoms with van der Waals surface area (Å²) in [5.74, 6) is 0.294. The summed E-state index contributed by atoms with van der Waals surface area (Å²) in [6, 6.07) is 14.3.